The molecule has 1 aromatic carbocycles. The van der Waals surface area contributed by atoms with Crippen LogP contribution in [0.5, 0.6) is 0 Å². The summed E-state index contributed by atoms with van der Waals surface area (Å²) in [7, 11) is 0. The number of urea groups is 1. The smallest absolute Gasteiger partial charge is 0.317 e. The maximum Gasteiger partial charge on any atom is 0.317 e. The lowest BCUT2D eigenvalue weighted by Crippen LogP contribution is -2.73. The third kappa shape index (κ3) is 4.91. The Morgan fingerprint density at radius 2 is 2.03 bits per heavy atom. The van der Waals surface area contributed by atoms with Crippen LogP contribution in [0, 0.1) is 0 Å². The largest absolute Gasteiger partial charge is 0.376 e. The summed E-state index contributed by atoms with van der Waals surface area (Å²) in [6, 6.07) is 9.98. The van der Waals surface area contributed by atoms with Gasteiger partial charge in [-0.25, -0.2) is 9.18 Å². The second kappa shape index (κ2) is 10.2. The van der Waals surface area contributed by atoms with Crippen LogP contribution in [0.15, 0.2) is 30.3 Å². The highest BCUT2D eigenvalue weighted by molar-refractivity contribution is 5.81. The molecule has 1 unspecified atom stereocenters. The van der Waals surface area contributed by atoms with Gasteiger partial charge in [0, 0.05) is 13.1 Å². The summed E-state index contributed by atoms with van der Waals surface area (Å²) in [4.78, 5) is 26.6. The molecule has 2 saturated heterocycles. The maximum absolute atomic E-state index is 13.7. The molecule has 3 fully saturated rings. The molecule has 3 atom stereocenters. The van der Waals surface area contributed by atoms with E-state index in [4.69, 9.17) is 9.47 Å². The van der Waals surface area contributed by atoms with Crippen LogP contribution < -0.4 is 10.6 Å². The quantitative estimate of drug-likeness (QED) is 0.727. The SMILES string of the molecule is CCNC(=O)N1CCC[C@]2(COC(F)C(=O)N2)[C@H]1CO[C@H]1CC[C@@H](c2ccccc2)CC1. The summed E-state index contributed by atoms with van der Waals surface area (Å²) < 4.78 is 25.2. The van der Waals surface area contributed by atoms with Gasteiger partial charge in [-0.05, 0) is 56.9 Å². The molecule has 7 nitrogen and oxygen atoms in total. The van der Waals surface area contributed by atoms with Gasteiger partial charge in [0.1, 0.15) is 0 Å². The average molecular weight is 448 g/mol. The fraction of sp³-hybridized carbons (Fsp3) is 0.667. The molecule has 2 heterocycles. The van der Waals surface area contributed by atoms with Crippen LogP contribution in [-0.2, 0) is 14.3 Å². The Labute approximate surface area is 189 Å². The molecule has 0 radical (unpaired) electrons. The van der Waals surface area contributed by atoms with Crippen LogP contribution >= 0.6 is 0 Å². The second-order valence-corrected chi connectivity index (χ2v) is 9.14. The topological polar surface area (TPSA) is 79.9 Å². The summed E-state index contributed by atoms with van der Waals surface area (Å²) in [6.45, 7) is 3.27. The van der Waals surface area contributed by atoms with Gasteiger partial charge >= 0.3 is 6.03 Å². The van der Waals surface area contributed by atoms with E-state index in [0.717, 1.165) is 25.7 Å². The first kappa shape index (κ1) is 23.0. The molecule has 4 rings (SSSR count). The number of carbonyl (C=O) groups excluding carboxylic acids is 2. The first-order chi connectivity index (χ1) is 15.5. The minimum atomic E-state index is -1.96. The Morgan fingerprint density at radius 1 is 1.28 bits per heavy atom. The summed E-state index contributed by atoms with van der Waals surface area (Å²) in [6.07, 6.45) is 3.51. The van der Waals surface area contributed by atoms with Gasteiger partial charge in [-0.2, -0.15) is 0 Å². The third-order valence-electron chi connectivity index (χ3n) is 7.13. The summed E-state index contributed by atoms with van der Waals surface area (Å²) in [5.74, 6) is -0.223. The van der Waals surface area contributed by atoms with Crippen molar-refractivity contribution in [2.45, 2.75) is 75.4 Å². The first-order valence-electron chi connectivity index (χ1n) is 11.8. The molecule has 3 amide bonds. The molecule has 0 bridgehead atoms. The summed E-state index contributed by atoms with van der Waals surface area (Å²) in [5, 5.41) is 5.69. The minimum Gasteiger partial charge on any atom is -0.376 e. The maximum atomic E-state index is 13.7. The van der Waals surface area contributed by atoms with Crippen molar-refractivity contribution in [3.8, 4) is 0 Å². The average Bonchev–Trinajstić information content (AvgIpc) is 2.82. The van der Waals surface area contributed by atoms with Crippen LogP contribution in [0.1, 0.15) is 56.9 Å². The monoisotopic (exact) mass is 447 g/mol. The number of ether oxygens (including phenoxy) is 2. The second-order valence-electron chi connectivity index (χ2n) is 9.14. The van der Waals surface area contributed by atoms with E-state index < -0.39 is 23.8 Å². The van der Waals surface area contributed by atoms with Crippen LogP contribution in [0.3, 0.4) is 0 Å². The van der Waals surface area contributed by atoms with Crippen molar-refractivity contribution >= 4 is 11.9 Å². The molecule has 2 aliphatic heterocycles. The lowest BCUT2D eigenvalue weighted by atomic mass is 9.80. The lowest BCUT2D eigenvalue weighted by Gasteiger charge is -2.51. The zero-order valence-corrected chi connectivity index (χ0v) is 18.7. The van der Waals surface area contributed by atoms with E-state index in [0.29, 0.717) is 38.5 Å². The predicted molar refractivity (Wildman–Crippen MR) is 118 cm³/mol. The third-order valence-corrected chi connectivity index (χ3v) is 7.13. The zero-order valence-electron chi connectivity index (χ0n) is 18.7. The van der Waals surface area contributed by atoms with Crippen LogP contribution in [-0.4, -0.2) is 67.2 Å². The van der Waals surface area contributed by atoms with Crippen molar-refractivity contribution in [1.82, 2.24) is 15.5 Å². The fourth-order valence-corrected chi connectivity index (χ4v) is 5.40. The number of halogens is 1. The number of amides is 3. The molecule has 0 aromatic heterocycles. The minimum absolute atomic E-state index is 0.0323. The van der Waals surface area contributed by atoms with E-state index in [1.165, 1.54) is 5.56 Å². The molecule has 3 aliphatic rings. The van der Waals surface area contributed by atoms with E-state index >= 15 is 0 Å². The van der Waals surface area contributed by atoms with Crippen LogP contribution in [0.2, 0.25) is 0 Å². The number of rotatable bonds is 5. The molecule has 32 heavy (non-hydrogen) atoms. The molecule has 1 aliphatic carbocycles. The highest BCUT2D eigenvalue weighted by Crippen LogP contribution is 2.36. The number of carbonyl (C=O) groups is 2. The highest BCUT2D eigenvalue weighted by atomic mass is 19.1. The van der Waals surface area contributed by atoms with E-state index in [1.54, 1.807) is 4.90 Å². The number of benzene rings is 1. The Kier molecular flexibility index (Phi) is 7.30. The van der Waals surface area contributed by atoms with Crippen molar-refractivity contribution in [1.29, 1.82) is 0 Å². The van der Waals surface area contributed by atoms with E-state index in [-0.39, 0.29) is 18.7 Å². The Bertz CT molecular complexity index is 787. The van der Waals surface area contributed by atoms with Crippen LogP contribution in [0.25, 0.3) is 0 Å². The van der Waals surface area contributed by atoms with Crippen molar-refractivity contribution in [3.05, 3.63) is 35.9 Å². The summed E-state index contributed by atoms with van der Waals surface area (Å²) >= 11 is 0. The van der Waals surface area contributed by atoms with E-state index in [2.05, 4.69) is 34.9 Å². The molecule has 1 saturated carbocycles. The van der Waals surface area contributed by atoms with Gasteiger partial charge in [-0.15, -0.1) is 0 Å². The van der Waals surface area contributed by atoms with E-state index in [1.807, 2.05) is 13.0 Å². The molecule has 2 N–H and O–H groups in total. The Balaban J connectivity index is 1.42. The normalized spacial score (nSPS) is 33.1. The number of likely N-dealkylation sites (tertiary alicyclic amines) is 1. The molecule has 1 spiro atoms. The number of hydrogen-bond acceptors (Lipinski definition) is 4. The van der Waals surface area contributed by atoms with Gasteiger partial charge in [0.2, 0.25) is 0 Å². The standard InChI is InChI=1S/C24H34FN3O4/c1-2-26-23(30)28-14-6-13-24(16-32-21(25)22(29)27-24)20(28)15-31-19-11-9-18(10-12-19)17-7-4-3-5-8-17/h3-5,7-8,18-21H,2,6,9-16H2,1H3,(H,26,30)(H,27,29)/t18-,19+,20-,21?,24+/m1/s1. The first-order valence-corrected chi connectivity index (χ1v) is 11.8. The lowest BCUT2D eigenvalue weighted by molar-refractivity contribution is -0.172. The van der Waals surface area contributed by atoms with Gasteiger partial charge in [0.05, 0.1) is 30.9 Å². The van der Waals surface area contributed by atoms with E-state index in [9.17, 15) is 14.0 Å². The zero-order chi connectivity index (χ0) is 22.6. The summed E-state index contributed by atoms with van der Waals surface area (Å²) in [5.41, 5.74) is 0.548. The molecule has 8 heteroatoms. The Morgan fingerprint density at radius 3 is 2.72 bits per heavy atom. The van der Waals surface area contributed by atoms with Gasteiger partial charge in [0.15, 0.2) is 0 Å². The van der Waals surface area contributed by atoms with Crippen molar-refractivity contribution in [2.24, 2.45) is 0 Å². The number of nitrogens with one attached hydrogen (secondary N) is 2. The van der Waals surface area contributed by atoms with Gasteiger partial charge in [-0.3, -0.25) is 4.79 Å². The van der Waals surface area contributed by atoms with Gasteiger partial charge in [0.25, 0.3) is 12.3 Å². The van der Waals surface area contributed by atoms with Crippen molar-refractivity contribution < 1.29 is 23.5 Å². The number of alkyl halides is 1. The molecular formula is C24H34FN3O4. The number of nitrogens with zero attached hydrogens (tertiary/aromatic N) is 1. The van der Waals surface area contributed by atoms with Crippen molar-refractivity contribution in [3.63, 3.8) is 0 Å². The molecular weight excluding hydrogens is 413 g/mol. The van der Waals surface area contributed by atoms with Crippen molar-refractivity contribution in [2.75, 3.05) is 26.3 Å². The van der Waals surface area contributed by atoms with Gasteiger partial charge in [-0.1, -0.05) is 30.3 Å². The molecule has 1 aromatic rings. The Hall–Kier alpha value is -2.19. The fourth-order valence-electron chi connectivity index (χ4n) is 5.40. The predicted octanol–water partition coefficient (Wildman–Crippen LogP) is 3.10. The molecule has 176 valence electrons. The van der Waals surface area contributed by atoms with Crippen LogP contribution in [0.4, 0.5) is 9.18 Å². The number of morpholine rings is 1. The number of piperidine rings is 1. The highest BCUT2D eigenvalue weighted by Gasteiger charge is 2.51. The number of hydrogen-bond donors (Lipinski definition) is 2. The van der Waals surface area contributed by atoms with Gasteiger partial charge < -0.3 is 25.0 Å².